The molecule has 1 aliphatic rings. The van der Waals surface area contributed by atoms with Crippen molar-refractivity contribution in [2.75, 3.05) is 13.1 Å². The Labute approximate surface area is 178 Å². The van der Waals surface area contributed by atoms with E-state index >= 15 is 0 Å². The van der Waals surface area contributed by atoms with Gasteiger partial charge in [-0.3, -0.25) is 4.79 Å². The van der Waals surface area contributed by atoms with Crippen LogP contribution in [0.1, 0.15) is 58.4 Å². The first kappa shape index (κ1) is 21.8. The van der Waals surface area contributed by atoms with Crippen LogP contribution in [0, 0.1) is 20.8 Å². The maximum Gasteiger partial charge on any atom is 0.253 e. The van der Waals surface area contributed by atoms with Gasteiger partial charge in [-0.05, 0) is 81.0 Å². The summed E-state index contributed by atoms with van der Waals surface area (Å²) in [5, 5.41) is 3.19. The third-order valence-corrected chi connectivity index (χ3v) is 7.81. The molecule has 1 heterocycles. The number of nitrogens with one attached hydrogen (secondary N) is 1. The van der Waals surface area contributed by atoms with Crippen molar-refractivity contribution in [2.45, 2.75) is 51.5 Å². The number of carbonyl (C=O) groups excluding carboxylic acids is 1. The summed E-state index contributed by atoms with van der Waals surface area (Å²) in [6, 6.07) is 8.26. The van der Waals surface area contributed by atoms with Crippen molar-refractivity contribution in [2.24, 2.45) is 0 Å². The fourth-order valence-corrected chi connectivity index (χ4v) is 5.47. The highest BCUT2D eigenvalue weighted by Crippen LogP contribution is 2.27. The fourth-order valence-electron chi connectivity index (χ4n) is 3.72. The van der Waals surface area contributed by atoms with Crippen LogP contribution < -0.4 is 5.32 Å². The Morgan fingerprint density at radius 1 is 1.03 bits per heavy atom. The highest BCUT2D eigenvalue weighted by atomic mass is 35.5. The monoisotopic (exact) mass is 434 g/mol. The summed E-state index contributed by atoms with van der Waals surface area (Å²) in [4.78, 5) is 13.0. The van der Waals surface area contributed by atoms with Gasteiger partial charge in [-0.2, -0.15) is 4.31 Å². The molecule has 1 fully saturated rings. The average Bonchev–Trinajstić information content (AvgIpc) is 3.20. The molecule has 156 valence electrons. The normalized spacial score (nSPS) is 16.0. The number of aryl methyl sites for hydroxylation is 3. The lowest BCUT2D eigenvalue weighted by molar-refractivity contribution is 0.0939. The third-order valence-electron chi connectivity index (χ3n) is 5.58. The predicted molar refractivity (Wildman–Crippen MR) is 116 cm³/mol. The first-order valence-corrected chi connectivity index (χ1v) is 11.6. The maximum atomic E-state index is 12.9. The van der Waals surface area contributed by atoms with Crippen LogP contribution in [-0.4, -0.2) is 31.7 Å². The molecule has 0 aromatic heterocycles. The quantitative estimate of drug-likeness (QED) is 0.751. The van der Waals surface area contributed by atoms with Gasteiger partial charge >= 0.3 is 0 Å². The number of benzene rings is 2. The van der Waals surface area contributed by atoms with E-state index in [1.807, 2.05) is 20.8 Å². The van der Waals surface area contributed by atoms with Gasteiger partial charge in [0, 0.05) is 13.1 Å². The van der Waals surface area contributed by atoms with Gasteiger partial charge in [0.1, 0.15) is 0 Å². The number of halogens is 1. The van der Waals surface area contributed by atoms with E-state index < -0.39 is 15.9 Å². The molecule has 29 heavy (non-hydrogen) atoms. The molecule has 1 amide bonds. The van der Waals surface area contributed by atoms with Gasteiger partial charge in [0.25, 0.3) is 5.91 Å². The summed E-state index contributed by atoms with van der Waals surface area (Å²) in [6.45, 7) is 9.04. The number of nitrogens with zero attached hydrogens (tertiary/aromatic N) is 1. The van der Waals surface area contributed by atoms with Crippen LogP contribution in [0.3, 0.4) is 0 Å². The summed E-state index contributed by atoms with van der Waals surface area (Å²) < 4.78 is 27.1. The molecule has 1 saturated heterocycles. The Morgan fingerprint density at radius 3 is 2.31 bits per heavy atom. The first-order valence-electron chi connectivity index (χ1n) is 9.79. The van der Waals surface area contributed by atoms with Crippen LogP contribution in [0.2, 0.25) is 5.02 Å². The summed E-state index contributed by atoms with van der Waals surface area (Å²) >= 11 is 6.24. The van der Waals surface area contributed by atoms with Gasteiger partial charge in [-0.1, -0.05) is 23.7 Å². The van der Waals surface area contributed by atoms with Crippen molar-refractivity contribution in [3.05, 3.63) is 63.2 Å². The fraction of sp³-hybridized carbons (Fsp3) is 0.409. The lowest BCUT2D eigenvalue weighted by Gasteiger charge is -2.20. The third kappa shape index (κ3) is 4.49. The van der Waals surface area contributed by atoms with Crippen molar-refractivity contribution < 1.29 is 13.2 Å². The van der Waals surface area contributed by atoms with Crippen LogP contribution in [0.4, 0.5) is 0 Å². The standard InChI is InChI=1S/C22H27ClN2O3S/c1-14-11-16(3)19(12-15(14)2)17(4)24-22(26)20-13-18(7-8-21(20)23)29(27,28)25-9-5-6-10-25/h7-8,11-13,17H,5-6,9-10H2,1-4H3,(H,24,26)/t17-/m0/s1. The molecule has 1 atom stereocenters. The van der Waals surface area contributed by atoms with E-state index in [0.29, 0.717) is 13.1 Å². The molecule has 5 nitrogen and oxygen atoms in total. The van der Waals surface area contributed by atoms with Gasteiger partial charge in [0.2, 0.25) is 10.0 Å². The first-order chi connectivity index (χ1) is 13.6. The van der Waals surface area contributed by atoms with E-state index in [-0.39, 0.29) is 21.5 Å². The van der Waals surface area contributed by atoms with Crippen molar-refractivity contribution in [1.82, 2.24) is 9.62 Å². The topological polar surface area (TPSA) is 66.5 Å². The lowest BCUT2D eigenvalue weighted by Crippen LogP contribution is -2.29. The van der Waals surface area contributed by atoms with E-state index in [4.69, 9.17) is 11.6 Å². The molecule has 0 saturated carbocycles. The maximum absolute atomic E-state index is 12.9. The van der Waals surface area contributed by atoms with Crippen LogP contribution in [0.25, 0.3) is 0 Å². The number of rotatable bonds is 5. The Balaban J connectivity index is 1.87. The summed E-state index contributed by atoms with van der Waals surface area (Å²) in [6.07, 6.45) is 1.71. The molecular weight excluding hydrogens is 408 g/mol. The molecule has 0 bridgehead atoms. The largest absolute Gasteiger partial charge is 0.345 e. The zero-order valence-electron chi connectivity index (χ0n) is 17.3. The van der Waals surface area contributed by atoms with Gasteiger partial charge in [-0.15, -0.1) is 0 Å². The van der Waals surface area contributed by atoms with Gasteiger partial charge in [0.15, 0.2) is 0 Å². The van der Waals surface area contributed by atoms with Crippen molar-refractivity contribution in [3.8, 4) is 0 Å². The summed E-state index contributed by atoms with van der Waals surface area (Å²) in [5.74, 6) is -0.390. The van der Waals surface area contributed by atoms with Crippen molar-refractivity contribution in [3.63, 3.8) is 0 Å². The molecule has 0 spiro atoms. The average molecular weight is 435 g/mol. The minimum absolute atomic E-state index is 0.101. The Hall–Kier alpha value is -1.89. The molecule has 7 heteroatoms. The SMILES string of the molecule is Cc1cc(C)c([C@H](C)NC(=O)c2cc(S(=O)(=O)N3CCCC3)ccc2Cl)cc1C. The van der Waals surface area contributed by atoms with Crippen molar-refractivity contribution >= 4 is 27.5 Å². The second-order valence-electron chi connectivity index (χ2n) is 7.74. The Morgan fingerprint density at radius 2 is 1.66 bits per heavy atom. The minimum Gasteiger partial charge on any atom is -0.345 e. The number of sulfonamides is 1. The van der Waals surface area contributed by atoms with Gasteiger partial charge < -0.3 is 5.32 Å². The van der Waals surface area contributed by atoms with Gasteiger partial charge in [0.05, 0.1) is 21.5 Å². The van der Waals surface area contributed by atoms with E-state index in [2.05, 4.69) is 24.4 Å². The molecule has 2 aromatic carbocycles. The smallest absolute Gasteiger partial charge is 0.253 e. The molecule has 0 radical (unpaired) electrons. The number of hydrogen-bond acceptors (Lipinski definition) is 3. The summed E-state index contributed by atoms with van der Waals surface area (Å²) in [5.41, 5.74) is 4.65. The molecular formula is C22H27ClN2O3S. The number of carbonyl (C=O) groups is 1. The summed E-state index contributed by atoms with van der Waals surface area (Å²) in [7, 11) is -3.61. The highest BCUT2D eigenvalue weighted by molar-refractivity contribution is 7.89. The zero-order valence-corrected chi connectivity index (χ0v) is 18.8. The number of amides is 1. The molecule has 0 aliphatic carbocycles. The molecule has 3 rings (SSSR count). The molecule has 2 aromatic rings. The molecule has 1 N–H and O–H groups in total. The van der Waals surface area contributed by atoms with E-state index in [1.54, 1.807) is 0 Å². The number of hydrogen-bond donors (Lipinski definition) is 1. The van der Waals surface area contributed by atoms with E-state index in [1.165, 1.54) is 28.1 Å². The zero-order chi connectivity index (χ0) is 21.3. The second kappa shape index (κ2) is 8.46. The Kier molecular flexibility index (Phi) is 6.36. The van der Waals surface area contributed by atoms with Crippen LogP contribution in [0.15, 0.2) is 35.2 Å². The minimum atomic E-state index is -3.61. The predicted octanol–water partition coefficient (Wildman–Crippen LogP) is 4.54. The van der Waals surface area contributed by atoms with Crippen LogP contribution in [0.5, 0.6) is 0 Å². The van der Waals surface area contributed by atoms with Gasteiger partial charge in [-0.25, -0.2) is 8.42 Å². The second-order valence-corrected chi connectivity index (χ2v) is 10.1. The van der Waals surface area contributed by atoms with Crippen molar-refractivity contribution in [1.29, 1.82) is 0 Å². The molecule has 1 aliphatic heterocycles. The Bertz CT molecular complexity index is 1040. The van der Waals surface area contributed by atoms with Crippen LogP contribution in [-0.2, 0) is 10.0 Å². The lowest BCUT2D eigenvalue weighted by atomic mass is 9.96. The van der Waals surface area contributed by atoms with E-state index in [9.17, 15) is 13.2 Å². The van der Waals surface area contributed by atoms with E-state index in [0.717, 1.165) is 29.5 Å². The molecule has 0 unspecified atom stereocenters. The van der Waals surface area contributed by atoms with Crippen LogP contribution >= 0.6 is 11.6 Å². The highest BCUT2D eigenvalue weighted by Gasteiger charge is 2.28.